The summed E-state index contributed by atoms with van der Waals surface area (Å²) in [5, 5.41) is 5.46. The number of carbonyl (C=O) groups excluding carboxylic acids is 1. The second kappa shape index (κ2) is 7.64. The maximum atomic E-state index is 11.7. The number of carbonyl (C=O) groups is 1. The van der Waals surface area contributed by atoms with Crippen molar-refractivity contribution in [2.75, 3.05) is 5.32 Å². The van der Waals surface area contributed by atoms with Crippen LogP contribution in [0.25, 0.3) is 6.08 Å². The van der Waals surface area contributed by atoms with Crippen LogP contribution in [-0.2, 0) is 6.42 Å². The number of rotatable bonds is 4. The normalized spacial score (nSPS) is 10.6. The van der Waals surface area contributed by atoms with Crippen LogP contribution in [0.4, 0.5) is 10.5 Å². The molecule has 3 nitrogen and oxygen atoms in total. The highest BCUT2D eigenvalue weighted by molar-refractivity contribution is 9.10. The molecule has 0 unspecified atom stereocenters. The van der Waals surface area contributed by atoms with E-state index in [0.29, 0.717) is 0 Å². The fraction of sp³-hybridized carbons (Fsp3) is 0.118. The summed E-state index contributed by atoms with van der Waals surface area (Å²) in [5.74, 6) is 0. The van der Waals surface area contributed by atoms with E-state index in [1.54, 1.807) is 6.20 Å². The number of hydrogen-bond acceptors (Lipinski definition) is 1. The molecule has 0 saturated carbocycles. The molecular formula is C17H17BrN2O. The third-order valence-corrected chi connectivity index (χ3v) is 3.45. The molecule has 2 rings (SSSR count). The number of anilines is 1. The summed E-state index contributed by atoms with van der Waals surface area (Å²) in [4.78, 5) is 11.7. The lowest BCUT2D eigenvalue weighted by Crippen LogP contribution is -2.23. The zero-order valence-electron chi connectivity index (χ0n) is 11.8. The summed E-state index contributed by atoms with van der Waals surface area (Å²) in [6.07, 6.45) is 4.45. The van der Waals surface area contributed by atoms with Gasteiger partial charge in [0.2, 0.25) is 0 Å². The first kappa shape index (κ1) is 15.3. The molecule has 0 fully saturated rings. The first-order valence-corrected chi connectivity index (χ1v) is 7.55. The van der Waals surface area contributed by atoms with E-state index in [9.17, 15) is 4.79 Å². The lowest BCUT2D eigenvalue weighted by molar-refractivity contribution is 0.255. The van der Waals surface area contributed by atoms with Crippen molar-refractivity contribution in [2.45, 2.75) is 13.3 Å². The molecule has 4 heteroatoms. The SMILES string of the molecule is CCc1ccc(NC(=O)N/C=C/c2cccc(Br)c2)cc1. The summed E-state index contributed by atoms with van der Waals surface area (Å²) in [6.45, 7) is 2.10. The molecule has 21 heavy (non-hydrogen) atoms. The van der Waals surface area contributed by atoms with Gasteiger partial charge in [0.25, 0.3) is 0 Å². The highest BCUT2D eigenvalue weighted by Crippen LogP contribution is 2.12. The van der Waals surface area contributed by atoms with Gasteiger partial charge in [-0.25, -0.2) is 4.79 Å². The lowest BCUT2D eigenvalue weighted by atomic mass is 10.1. The fourth-order valence-corrected chi connectivity index (χ4v) is 2.23. The largest absolute Gasteiger partial charge is 0.323 e. The predicted octanol–water partition coefficient (Wildman–Crippen LogP) is 4.80. The predicted molar refractivity (Wildman–Crippen MR) is 91.2 cm³/mol. The second-order valence-corrected chi connectivity index (χ2v) is 5.45. The highest BCUT2D eigenvalue weighted by Gasteiger charge is 1.98. The number of nitrogens with one attached hydrogen (secondary N) is 2. The van der Waals surface area contributed by atoms with Crippen LogP contribution in [0, 0.1) is 0 Å². The van der Waals surface area contributed by atoms with Crippen LogP contribution >= 0.6 is 15.9 Å². The van der Waals surface area contributed by atoms with Crippen LogP contribution in [0.1, 0.15) is 18.1 Å². The topological polar surface area (TPSA) is 41.1 Å². The van der Waals surface area contributed by atoms with Gasteiger partial charge in [-0.1, -0.05) is 47.1 Å². The summed E-state index contributed by atoms with van der Waals surface area (Å²) < 4.78 is 1.00. The summed E-state index contributed by atoms with van der Waals surface area (Å²) in [6, 6.07) is 15.4. The van der Waals surface area contributed by atoms with E-state index < -0.39 is 0 Å². The van der Waals surface area contributed by atoms with Gasteiger partial charge in [-0.3, -0.25) is 0 Å². The zero-order valence-corrected chi connectivity index (χ0v) is 13.4. The molecule has 0 radical (unpaired) electrons. The van der Waals surface area contributed by atoms with Crippen molar-refractivity contribution >= 4 is 33.7 Å². The molecule has 2 aromatic rings. The van der Waals surface area contributed by atoms with Crippen LogP contribution in [0.5, 0.6) is 0 Å². The average molecular weight is 345 g/mol. The van der Waals surface area contributed by atoms with Crippen LogP contribution in [-0.4, -0.2) is 6.03 Å². The number of halogens is 1. The van der Waals surface area contributed by atoms with Gasteiger partial charge in [-0.05, 0) is 47.9 Å². The van der Waals surface area contributed by atoms with Crippen LogP contribution in [0.2, 0.25) is 0 Å². The minimum atomic E-state index is -0.259. The van der Waals surface area contributed by atoms with Gasteiger partial charge in [0.05, 0.1) is 0 Å². The number of amides is 2. The Morgan fingerprint density at radius 3 is 2.62 bits per heavy atom. The maximum Gasteiger partial charge on any atom is 0.323 e. The standard InChI is InChI=1S/C17H17BrN2O/c1-2-13-6-8-16(9-7-13)20-17(21)19-11-10-14-4-3-5-15(18)12-14/h3-12H,2H2,1H3,(H2,19,20,21)/b11-10+. The highest BCUT2D eigenvalue weighted by atomic mass is 79.9. The van der Waals surface area contributed by atoms with Crippen molar-refractivity contribution in [3.05, 3.63) is 70.3 Å². The number of urea groups is 1. The van der Waals surface area contributed by atoms with Gasteiger partial charge in [-0.2, -0.15) is 0 Å². The molecule has 0 bridgehead atoms. The Balaban J connectivity index is 1.86. The first-order chi connectivity index (χ1) is 10.2. The molecule has 108 valence electrons. The fourth-order valence-electron chi connectivity index (χ4n) is 1.81. The molecule has 0 saturated heterocycles. The molecule has 0 spiro atoms. The summed E-state index contributed by atoms with van der Waals surface area (Å²) in [7, 11) is 0. The zero-order chi connectivity index (χ0) is 15.1. The van der Waals surface area contributed by atoms with Crippen molar-refractivity contribution in [1.82, 2.24) is 5.32 Å². The number of hydrogen-bond donors (Lipinski definition) is 2. The average Bonchev–Trinajstić information content (AvgIpc) is 2.48. The molecule has 0 aliphatic carbocycles. The van der Waals surface area contributed by atoms with Gasteiger partial charge in [0.1, 0.15) is 0 Å². The van der Waals surface area contributed by atoms with Crippen molar-refractivity contribution in [3.63, 3.8) is 0 Å². The minimum absolute atomic E-state index is 0.259. The quantitative estimate of drug-likeness (QED) is 0.821. The molecule has 2 N–H and O–H groups in total. The maximum absolute atomic E-state index is 11.7. The van der Waals surface area contributed by atoms with Crippen LogP contribution < -0.4 is 10.6 Å². The van der Waals surface area contributed by atoms with Crippen molar-refractivity contribution in [2.24, 2.45) is 0 Å². The molecule has 2 amide bonds. The summed E-state index contributed by atoms with van der Waals surface area (Å²) in [5.41, 5.74) is 3.04. The monoisotopic (exact) mass is 344 g/mol. The van der Waals surface area contributed by atoms with Crippen molar-refractivity contribution in [3.8, 4) is 0 Å². The van der Waals surface area contributed by atoms with Crippen LogP contribution in [0.3, 0.4) is 0 Å². The first-order valence-electron chi connectivity index (χ1n) is 6.76. The van der Waals surface area contributed by atoms with Crippen molar-refractivity contribution < 1.29 is 4.79 Å². The molecule has 0 aromatic heterocycles. The van der Waals surface area contributed by atoms with Gasteiger partial charge < -0.3 is 10.6 Å². The lowest BCUT2D eigenvalue weighted by Gasteiger charge is -2.05. The third-order valence-electron chi connectivity index (χ3n) is 2.96. The Hall–Kier alpha value is -2.07. The molecule has 0 aliphatic heterocycles. The molecular weight excluding hydrogens is 328 g/mol. The van der Waals surface area contributed by atoms with Gasteiger partial charge in [0.15, 0.2) is 0 Å². The van der Waals surface area contributed by atoms with Gasteiger partial charge >= 0.3 is 6.03 Å². The Morgan fingerprint density at radius 1 is 1.19 bits per heavy atom. The number of aryl methyl sites for hydroxylation is 1. The van der Waals surface area contributed by atoms with Gasteiger partial charge in [-0.15, -0.1) is 0 Å². The second-order valence-electron chi connectivity index (χ2n) is 4.54. The Labute approximate surface area is 133 Å². The van der Waals surface area contributed by atoms with E-state index in [0.717, 1.165) is 22.1 Å². The van der Waals surface area contributed by atoms with E-state index in [-0.39, 0.29) is 6.03 Å². The molecule has 0 atom stereocenters. The smallest absolute Gasteiger partial charge is 0.314 e. The van der Waals surface area contributed by atoms with Crippen LogP contribution in [0.15, 0.2) is 59.2 Å². The minimum Gasteiger partial charge on any atom is -0.314 e. The molecule has 0 aliphatic rings. The van der Waals surface area contributed by atoms with E-state index in [4.69, 9.17) is 0 Å². The van der Waals surface area contributed by atoms with Crippen molar-refractivity contribution in [1.29, 1.82) is 0 Å². The van der Waals surface area contributed by atoms with E-state index in [1.165, 1.54) is 5.56 Å². The summed E-state index contributed by atoms with van der Waals surface area (Å²) >= 11 is 3.41. The van der Waals surface area contributed by atoms with E-state index >= 15 is 0 Å². The number of benzene rings is 2. The molecule has 2 aromatic carbocycles. The molecule has 0 heterocycles. The third kappa shape index (κ3) is 5.08. The Morgan fingerprint density at radius 2 is 1.95 bits per heavy atom. The Bertz CT molecular complexity index is 635. The Kier molecular flexibility index (Phi) is 5.58. The van der Waals surface area contributed by atoms with Gasteiger partial charge in [0, 0.05) is 16.4 Å². The van der Waals surface area contributed by atoms with E-state index in [1.807, 2.05) is 54.6 Å². The van der Waals surface area contributed by atoms with E-state index in [2.05, 4.69) is 33.5 Å².